The summed E-state index contributed by atoms with van der Waals surface area (Å²) in [6.45, 7) is 1.85. The minimum atomic E-state index is -1.05. The van der Waals surface area contributed by atoms with Gasteiger partial charge < -0.3 is 34.2 Å². The topological polar surface area (TPSA) is 109 Å². The molecule has 1 saturated heterocycles. The van der Waals surface area contributed by atoms with Crippen LogP contribution in [0.1, 0.15) is 24.8 Å². The number of morpholine rings is 1. The lowest BCUT2D eigenvalue weighted by Gasteiger charge is -2.34. The molecule has 1 saturated carbocycles. The van der Waals surface area contributed by atoms with Crippen molar-refractivity contribution in [1.29, 1.82) is 0 Å². The molecule has 1 heterocycles. The third-order valence-corrected chi connectivity index (χ3v) is 4.95. The monoisotopic (exact) mass is 408 g/mol. The second kappa shape index (κ2) is 9.80. The summed E-state index contributed by atoms with van der Waals surface area (Å²) in [5.74, 6) is 0.382. The average molecular weight is 408 g/mol. The Morgan fingerprint density at radius 1 is 1.28 bits per heavy atom. The van der Waals surface area contributed by atoms with Gasteiger partial charge in [-0.05, 0) is 30.5 Å². The van der Waals surface area contributed by atoms with Crippen LogP contribution in [0, 0.1) is 0 Å². The maximum absolute atomic E-state index is 13.0. The summed E-state index contributed by atoms with van der Waals surface area (Å²) in [4.78, 5) is 27.2. The lowest BCUT2D eigenvalue weighted by molar-refractivity contribution is -0.149. The SMILES string of the molecule is COCCCOc1cc(O)cc(CN(C(=O)[C@H]2CN(C(=O)O)CCO2)C2CC2)c1. The van der Waals surface area contributed by atoms with Gasteiger partial charge in [-0.2, -0.15) is 0 Å². The Bertz CT molecular complexity index is 723. The molecule has 2 aliphatic rings. The van der Waals surface area contributed by atoms with Gasteiger partial charge in [0.1, 0.15) is 11.5 Å². The van der Waals surface area contributed by atoms with E-state index in [2.05, 4.69) is 0 Å². The van der Waals surface area contributed by atoms with Crippen LogP contribution in [0.5, 0.6) is 11.5 Å². The molecule has 1 aliphatic carbocycles. The van der Waals surface area contributed by atoms with Crippen LogP contribution >= 0.6 is 0 Å². The molecule has 1 aliphatic heterocycles. The van der Waals surface area contributed by atoms with E-state index >= 15 is 0 Å². The van der Waals surface area contributed by atoms with Crippen LogP contribution in [-0.4, -0.2) is 84.2 Å². The molecule has 3 rings (SSSR count). The van der Waals surface area contributed by atoms with Crippen LogP contribution in [0.25, 0.3) is 0 Å². The van der Waals surface area contributed by atoms with Crippen molar-refractivity contribution in [1.82, 2.24) is 9.80 Å². The first-order valence-corrected chi connectivity index (χ1v) is 9.82. The fourth-order valence-corrected chi connectivity index (χ4v) is 3.34. The number of carboxylic acid groups (broad SMARTS) is 1. The minimum absolute atomic E-state index is 0.0330. The van der Waals surface area contributed by atoms with Crippen molar-refractivity contribution in [2.75, 3.05) is 40.0 Å². The summed E-state index contributed by atoms with van der Waals surface area (Å²) in [5, 5.41) is 19.2. The number of aromatic hydroxyl groups is 1. The molecular weight excluding hydrogens is 380 g/mol. The molecule has 2 fully saturated rings. The van der Waals surface area contributed by atoms with Gasteiger partial charge in [-0.15, -0.1) is 0 Å². The van der Waals surface area contributed by atoms with E-state index < -0.39 is 12.2 Å². The summed E-state index contributed by atoms with van der Waals surface area (Å²) >= 11 is 0. The molecule has 0 unspecified atom stereocenters. The van der Waals surface area contributed by atoms with Crippen LogP contribution in [0.15, 0.2) is 18.2 Å². The summed E-state index contributed by atoms with van der Waals surface area (Å²) in [6.07, 6.45) is 0.684. The summed E-state index contributed by atoms with van der Waals surface area (Å²) < 4.78 is 16.2. The van der Waals surface area contributed by atoms with Gasteiger partial charge in [-0.3, -0.25) is 4.79 Å². The number of carbonyl (C=O) groups is 2. The van der Waals surface area contributed by atoms with Gasteiger partial charge >= 0.3 is 6.09 Å². The van der Waals surface area contributed by atoms with E-state index in [-0.39, 0.29) is 37.4 Å². The zero-order valence-corrected chi connectivity index (χ0v) is 16.6. The molecule has 2 N–H and O–H groups in total. The first kappa shape index (κ1) is 21.2. The molecule has 1 aromatic carbocycles. The maximum Gasteiger partial charge on any atom is 0.407 e. The van der Waals surface area contributed by atoms with Gasteiger partial charge in [0, 0.05) is 45.3 Å². The van der Waals surface area contributed by atoms with Gasteiger partial charge in [0.05, 0.1) is 19.8 Å². The Morgan fingerprint density at radius 3 is 2.76 bits per heavy atom. The third-order valence-electron chi connectivity index (χ3n) is 4.95. The quantitative estimate of drug-likeness (QED) is 0.599. The average Bonchev–Trinajstić information content (AvgIpc) is 3.54. The van der Waals surface area contributed by atoms with E-state index in [1.54, 1.807) is 24.1 Å². The molecule has 0 radical (unpaired) electrons. The van der Waals surface area contributed by atoms with E-state index in [0.717, 1.165) is 24.8 Å². The highest BCUT2D eigenvalue weighted by molar-refractivity contribution is 5.82. The first-order valence-electron chi connectivity index (χ1n) is 9.82. The molecule has 0 bridgehead atoms. The van der Waals surface area contributed by atoms with Crippen molar-refractivity contribution in [2.24, 2.45) is 0 Å². The predicted octanol–water partition coefficient (Wildman–Crippen LogP) is 1.68. The molecule has 29 heavy (non-hydrogen) atoms. The summed E-state index contributed by atoms with van der Waals surface area (Å²) in [7, 11) is 1.63. The molecular formula is C20H28N2O7. The number of phenols is 1. The number of rotatable bonds is 9. The van der Waals surface area contributed by atoms with Crippen LogP contribution in [0.3, 0.4) is 0 Å². The highest BCUT2D eigenvalue weighted by Gasteiger charge is 2.38. The highest BCUT2D eigenvalue weighted by atomic mass is 16.5. The largest absolute Gasteiger partial charge is 0.508 e. The van der Waals surface area contributed by atoms with Crippen LogP contribution < -0.4 is 4.74 Å². The van der Waals surface area contributed by atoms with Crippen LogP contribution in [0.2, 0.25) is 0 Å². The minimum Gasteiger partial charge on any atom is -0.508 e. The smallest absolute Gasteiger partial charge is 0.407 e. The van der Waals surface area contributed by atoms with Crippen molar-refractivity contribution in [3.63, 3.8) is 0 Å². The predicted molar refractivity (Wildman–Crippen MR) is 103 cm³/mol. The zero-order valence-electron chi connectivity index (χ0n) is 16.6. The number of hydrogen-bond donors (Lipinski definition) is 2. The summed E-state index contributed by atoms with van der Waals surface area (Å²) in [5.41, 5.74) is 0.748. The molecule has 0 aromatic heterocycles. The number of phenolic OH excluding ortho intramolecular Hbond substituents is 1. The van der Waals surface area contributed by atoms with Gasteiger partial charge in [-0.1, -0.05) is 0 Å². The van der Waals surface area contributed by atoms with Gasteiger partial charge in [0.2, 0.25) is 0 Å². The van der Waals surface area contributed by atoms with Gasteiger partial charge in [0.15, 0.2) is 6.10 Å². The Balaban J connectivity index is 1.66. The van der Waals surface area contributed by atoms with E-state index in [9.17, 15) is 19.8 Å². The fraction of sp³-hybridized carbons (Fsp3) is 0.600. The van der Waals surface area contributed by atoms with E-state index in [0.29, 0.717) is 25.5 Å². The molecule has 2 amide bonds. The normalized spacial score (nSPS) is 19.1. The highest BCUT2D eigenvalue weighted by Crippen LogP contribution is 2.31. The molecule has 160 valence electrons. The Kier molecular flexibility index (Phi) is 7.16. The number of nitrogens with zero attached hydrogens (tertiary/aromatic N) is 2. The fourth-order valence-electron chi connectivity index (χ4n) is 3.34. The van der Waals surface area contributed by atoms with Crippen LogP contribution in [0.4, 0.5) is 4.79 Å². The lowest BCUT2D eigenvalue weighted by Crippen LogP contribution is -2.52. The van der Waals surface area contributed by atoms with Crippen molar-refractivity contribution in [3.8, 4) is 11.5 Å². The number of carbonyl (C=O) groups excluding carboxylic acids is 1. The first-order chi connectivity index (χ1) is 14.0. The van der Waals surface area contributed by atoms with Gasteiger partial charge in [0.25, 0.3) is 5.91 Å². The van der Waals surface area contributed by atoms with E-state index in [1.807, 2.05) is 0 Å². The Hall–Kier alpha value is -2.52. The zero-order chi connectivity index (χ0) is 20.8. The van der Waals surface area contributed by atoms with E-state index in [1.165, 1.54) is 11.0 Å². The Morgan fingerprint density at radius 2 is 2.07 bits per heavy atom. The molecule has 0 spiro atoms. The summed E-state index contributed by atoms with van der Waals surface area (Å²) in [6, 6.07) is 5.06. The molecule has 1 aromatic rings. The third kappa shape index (κ3) is 5.98. The Labute approximate surface area is 169 Å². The standard InChI is InChI=1S/C20H28N2O7/c1-27-6-2-7-28-17-10-14(9-16(23)11-17)12-22(15-3-4-15)19(24)18-13-21(20(25)26)5-8-29-18/h9-11,15,18,23H,2-8,12-13H2,1H3,(H,25,26)/t18-/m1/s1. The van der Waals surface area contributed by atoms with E-state index in [4.69, 9.17) is 14.2 Å². The van der Waals surface area contributed by atoms with Crippen molar-refractivity contribution < 1.29 is 34.0 Å². The lowest BCUT2D eigenvalue weighted by atomic mass is 10.1. The number of amides is 2. The molecule has 9 nitrogen and oxygen atoms in total. The number of hydrogen-bond acceptors (Lipinski definition) is 6. The second-order valence-electron chi connectivity index (χ2n) is 7.32. The van der Waals surface area contributed by atoms with Crippen molar-refractivity contribution in [3.05, 3.63) is 23.8 Å². The number of benzene rings is 1. The number of ether oxygens (including phenoxy) is 3. The molecule has 9 heteroatoms. The number of methoxy groups -OCH3 is 1. The van der Waals surface area contributed by atoms with Crippen molar-refractivity contribution in [2.45, 2.75) is 38.0 Å². The maximum atomic E-state index is 13.0. The molecule has 1 atom stereocenters. The van der Waals surface area contributed by atoms with Crippen molar-refractivity contribution >= 4 is 12.0 Å². The second-order valence-corrected chi connectivity index (χ2v) is 7.32. The van der Waals surface area contributed by atoms with Crippen LogP contribution in [-0.2, 0) is 20.8 Å². The van der Waals surface area contributed by atoms with Gasteiger partial charge in [-0.25, -0.2) is 4.79 Å².